The molecule has 170 valence electrons. The highest BCUT2D eigenvalue weighted by molar-refractivity contribution is 7.80. The molecule has 0 atom stereocenters. The minimum absolute atomic E-state index is 0.0343. The normalized spacial score (nSPS) is 10.8. The minimum Gasteiger partial charge on any atom is -0.497 e. The highest BCUT2D eigenvalue weighted by atomic mass is 32.1. The summed E-state index contributed by atoms with van der Waals surface area (Å²) in [5.74, 6) is 0.163. The Kier molecular flexibility index (Phi) is 7.45. The van der Waals surface area contributed by atoms with E-state index in [1.165, 1.54) is 5.56 Å². The van der Waals surface area contributed by atoms with Gasteiger partial charge in [-0.1, -0.05) is 32.9 Å². The summed E-state index contributed by atoms with van der Waals surface area (Å²) in [5, 5.41) is 8.65. The first kappa shape index (κ1) is 23.9. The van der Waals surface area contributed by atoms with Gasteiger partial charge in [-0.05, 0) is 83.9 Å². The number of hydrogen-bond donors (Lipinski definition) is 3. The van der Waals surface area contributed by atoms with Crippen molar-refractivity contribution in [3.8, 4) is 5.75 Å². The molecule has 3 aromatic carbocycles. The fourth-order valence-corrected chi connectivity index (χ4v) is 3.25. The minimum atomic E-state index is -0.323. The Bertz CT molecular complexity index is 1130. The molecular weight excluding hydrogens is 434 g/mol. The summed E-state index contributed by atoms with van der Waals surface area (Å²) >= 11 is 5.23. The molecule has 0 aliphatic rings. The van der Waals surface area contributed by atoms with E-state index in [2.05, 4.69) is 36.7 Å². The molecule has 33 heavy (non-hydrogen) atoms. The molecule has 3 N–H and O–H groups in total. The second-order valence-corrected chi connectivity index (χ2v) is 8.90. The Labute approximate surface area is 199 Å². The van der Waals surface area contributed by atoms with Gasteiger partial charge in [-0.25, -0.2) is 0 Å². The molecule has 0 spiro atoms. The molecule has 0 heterocycles. The number of hydrogen-bond acceptors (Lipinski definition) is 4. The lowest BCUT2D eigenvalue weighted by Crippen LogP contribution is -2.34. The summed E-state index contributed by atoms with van der Waals surface area (Å²) in [6.45, 7) is 6.40. The maximum atomic E-state index is 12.5. The molecule has 0 unspecified atom stereocenters. The molecule has 0 aliphatic heterocycles. The van der Waals surface area contributed by atoms with E-state index in [0.29, 0.717) is 28.3 Å². The standard InChI is InChI=1S/C26H27N3O3S/c1-26(2,3)19-9-5-17(6-10-19)23(30)27-20-11-13-21(14-12-20)28-25(33)29-24(31)18-7-15-22(32-4)16-8-18/h5-16H,1-4H3,(H,27,30)(H2,28,29,31,33). The quantitative estimate of drug-likeness (QED) is 0.445. The Morgan fingerprint density at radius 2 is 1.21 bits per heavy atom. The van der Waals surface area contributed by atoms with E-state index in [1.54, 1.807) is 55.6 Å². The van der Waals surface area contributed by atoms with Gasteiger partial charge in [-0.2, -0.15) is 0 Å². The van der Waals surface area contributed by atoms with Crippen molar-refractivity contribution in [2.24, 2.45) is 0 Å². The van der Waals surface area contributed by atoms with Crippen LogP contribution in [0, 0.1) is 0 Å². The number of carbonyl (C=O) groups is 2. The number of methoxy groups -OCH3 is 1. The summed E-state index contributed by atoms with van der Waals surface area (Å²) in [5.41, 5.74) is 3.60. The van der Waals surface area contributed by atoms with Crippen LogP contribution in [0.5, 0.6) is 5.75 Å². The predicted molar refractivity (Wildman–Crippen MR) is 136 cm³/mol. The molecule has 0 saturated carbocycles. The van der Waals surface area contributed by atoms with E-state index in [1.807, 2.05) is 24.3 Å². The third-order valence-electron chi connectivity index (χ3n) is 4.99. The second kappa shape index (κ2) is 10.3. The average molecular weight is 462 g/mol. The zero-order chi connectivity index (χ0) is 24.0. The number of benzene rings is 3. The third-order valence-corrected chi connectivity index (χ3v) is 5.20. The maximum Gasteiger partial charge on any atom is 0.257 e. The van der Waals surface area contributed by atoms with Gasteiger partial charge in [0, 0.05) is 22.5 Å². The van der Waals surface area contributed by atoms with Gasteiger partial charge >= 0.3 is 0 Å². The second-order valence-electron chi connectivity index (χ2n) is 8.50. The molecule has 0 aromatic heterocycles. The topological polar surface area (TPSA) is 79.5 Å². The van der Waals surface area contributed by atoms with Crippen LogP contribution in [0.1, 0.15) is 47.1 Å². The highest BCUT2D eigenvalue weighted by Crippen LogP contribution is 2.22. The number of anilines is 2. The van der Waals surface area contributed by atoms with Gasteiger partial charge in [-0.15, -0.1) is 0 Å². The molecule has 3 rings (SSSR count). The van der Waals surface area contributed by atoms with Gasteiger partial charge in [0.05, 0.1) is 7.11 Å². The van der Waals surface area contributed by atoms with E-state index < -0.39 is 0 Å². The summed E-state index contributed by atoms with van der Waals surface area (Å²) < 4.78 is 5.09. The van der Waals surface area contributed by atoms with Crippen LogP contribution in [0.2, 0.25) is 0 Å². The number of carbonyl (C=O) groups excluding carboxylic acids is 2. The first-order valence-corrected chi connectivity index (χ1v) is 10.8. The van der Waals surface area contributed by atoms with Crippen LogP contribution >= 0.6 is 12.2 Å². The van der Waals surface area contributed by atoms with Crippen molar-refractivity contribution in [1.29, 1.82) is 0 Å². The van der Waals surface area contributed by atoms with Crippen molar-refractivity contribution in [1.82, 2.24) is 5.32 Å². The smallest absolute Gasteiger partial charge is 0.257 e. The molecular formula is C26H27N3O3S. The Morgan fingerprint density at radius 3 is 1.73 bits per heavy atom. The van der Waals surface area contributed by atoms with Crippen LogP contribution in [-0.4, -0.2) is 24.0 Å². The van der Waals surface area contributed by atoms with Crippen LogP contribution < -0.4 is 20.7 Å². The van der Waals surface area contributed by atoms with E-state index in [4.69, 9.17) is 17.0 Å². The SMILES string of the molecule is COc1ccc(C(=O)NC(=S)Nc2ccc(NC(=O)c3ccc(C(C)(C)C)cc3)cc2)cc1. The molecule has 0 radical (unpaired) electrons. The number of nitrogens with one attached hydrogen (secondary N) is 3. The average Bonchev–Trinajstić information content (AvgIpc) is 2.79. The first-order chi connectivity index (χ1) is 15.7. The van der Waals surface area contributed by atoms with Crippen molar-refractivity contribution in [2.45, 2.75) is 26.2 Å². The third kappa shape index (κ3) is 6.63. The van der Waals surface area contributed by atoms with Crippen molar-refractivity contribution < 1.29 is 14.3 Å². The van der Waals surface area contributed by atoms with Crippen LogP contribution in [0.4, 0.5) is 11.4 Å². The summed E-state index contributed by atoms with van der Waals surface area (Å²) in [7, 11) is 1.56. The Morgan fingerprint density at radius 1 is 0.727 bits per heavy atom. The lowest BCUT2D eigenvalue weighted by Gasteiger charge is -2.19. The fourth-order valence-electron chi connectivity index (χ4n) is 3.04. The summed E-state index contributed by atoms with van der Waals surface area (Å²) in [6, 6.07) is 21.4. The van der Waals surface area contributed by atoms with E-state index >= 15 is 0 Å². The van der Waals surface area contributed by atoms with Crippen molar-refractivity contribution in [3.63, 3.8) is 0 Å². The number of amides is 2. The van der Waals surface area contributed by atoms with Crippen LogP contribution in [0.15, 0.2) is 72.8 Å². The lowest BCUT2D eigenvalue weighted by atomic mass is 9.87. The van der Waals surface area contributed by atoms with Crippen molar-refractivity contribution >= 4 is 40.5 Å². The van der Waals surface area contributed by atoms with Crippen molar-refractivity contribution in [2.75, 3.05) is 17.7 Å². The van der Waals surface area contributed by atoms with Gasteiger partial charge < -0.3 is 15.4 Å². The van der Waals surface area contributed by atoms with E-state index in [9.17, 15) is 9.59 Å². The molecule has 0 saturated heterocycles. The zero-order valence-electron chi connectivity index (χ0n) is 19.1. The largest absolute Gasteiger partial charge is 0.497 e. The van der Waals surface area contributed by atoms with Crippen LogP contribution in [0.25, 0.3) is 0 Å². The fraction of sp³-hybridized carbons (Fsp3) is 0.192. The number of ether oxygens (including phenoxy) is 1. The van der Waals surface area contributed by atoms with Crippen LogP contribution in [-0.2, 0) is 5.41 Å². The van der Waals surface area contributed by atoms with Gasteiger partial charge in [0.15, 0.2) is 5.11 Å². The Hall–Kier alpha value is -3.71. The number of rotatable bonds is 5. The zero-order valence-corrected chi connectivity index (χ0v) is 19.9. The van der Waals surface area contributed by atoms with Gasteiger partial charge in [0.25, 0.3) is 11.8 Å². The molecule has 6 nitrogen and oxygen atoms in total. The highest BCUT2D eigenvalue weighted by Gasteiger charge is 2.14. The number of thiocarbonyl (C=S) groups is 1. The predicted octanol–water partition coefficient (Wildman–Crippen LogP) is 5.37. The monoisotopic (exact) mass is 461 g/mol. The van der Waals surface area contributed by atoms with E-state index in [-0.39, 0.29) is 22.3 Å². The van der Waals surface area contributed by atoms with Gasteiger partial charge in [0.2, 0.25) is 0 Å². The van der Waals surface area contributed by atoms with Crippen LogP contribution in [0.3, 0.4) is 0 Å². The van der Waals surface area contributed by atoms with E-state index in [0.717, 1.165) is 0 Å². The molecule has 0 bridgehead atoms. The lowest BCUT2D eigenvalue weighted by molar-refractivity contribution is 0.0976. The molecule has 0 aliphatic carbocycles. The molecule has 3 aromatic rings. The maximum absolute atomic E-state index is 12.5. The molecule has 0 fully saturated rings. The summed E-state index contributed by atoms with van der Waals surface area (Å²) in [6.07, 6.45) is 0. The van der Waals surface area contributed by atoms with Gasteiger partial charge in [0.1, 0.15) is 5.75 Å². The molecule has 2 amide bonds. The van der Waals surface area contributed by atoms with Gasteiger partial charge in [-0.3, -0.25) is 14.9 Å². The first-order valence-electron chi connectivity index (χ1n) is 10.4. The summed E-state index contributed by atoms with van der Waals surface area (Å²) in [4.78, 5) is 24.8. The Balaban J connectivity index is 1.54. The molecule has 7 heteroatoms. The van der Waals surface area contributed by atoms with Crippen molar-refractivity contribution in [3.05, 3.63) is 89.5 Å².